The van der Waals surface area contributed by atoms with Gasteiger partial charge in [0.05, 0.1) is 0 Å². The van der Waals surface area contributed by atoms with Crippen molar-refractivity contribution in [2.75, 3.05) is 17.3 Å². The number of thioether (sulfide) groups is 1. The lowest BCUT2D eigenvalue weighted by Gasteiger charge is -2.37. The Hall–Kier alpha value is -3.72. The summed E-state index contributed by atoms with van der Waals surface area (Å²) in [7, 11) is 0. The summed E-state index contributed by atoms with van der Waals surface area (Å²) in [6.07, 6.45) is 1.54. The minimum atomic E-state index is -1.17. The number of nitrogens with one attached hydrogen (secondary N) is 2. The maximum atomic E-state index is 14.2. The van der Waals surface area contributed by atoms with Crippen molar-refractivity contribution >= 4 is 46.1 Å². The average molecular weight is 580 g/mol. The third-order valence-corrected chi connectivity index (χ3v) is 7.16. The molecule has 0 saturated carbocycles. The fourth-order valence-corrected chi connectivity index (χ4v) is 5.07. The number of ether oxygens (including phenoxy) is 1. The van der Waals surface area contributed by atoms with Gasteiger partial charge in [-0.15, -0.1) is 0 Å². The predicted octanol–water partition coefficient (Wildman–Crippen LogP) is 6.42. The van der Waals surface area contributed by atoms with E-state index in [2.05, 4.69) is 10.6 Å². The van der Waals surface area contributed by atoms with Gasteiger partial charge in [-0.05, 0) is 88.4 Å². The highest BCUT2D eigenvalue weighted by Crippen LogP contribution is 2.34. The Kier molecular flexibility index (Phi) is 10.7. The van der Waals surface area contributed by atoms with Gasteiger partial charge in [-0.1, -0.05) is 48.5 Å². The number of alkyl carbamates (subject to hydrolysis) is 1. The second kappa shape index (κ2) is 13.8. The Morgan fingerprint density at radius 1 is 1.00 bits per heavy atom. The number of amides is 3. The van der Waals surface area contributed by atoms with E-state index < -0.39 is 41.6 Å². The molecule has 3 rings (SSSR count). The molecule has 0 fully saturated rings. The maximum absolute atomic E-state index is 14.2. The third kappa shape index (κ3) is 8.39. The molecule has 8 nitrogen and oxygen atoms in total. The van der Waals surface area contributed by atoms with Crippen LogP contribution in [0.15, 0.2) is 60.7 Å². The summed E-state index contributed by atoms with van der Waals surface area (Å²) in [4.78, 5) is 42.5. The highest BCUT2D eigenvalue weighted by atomic mass is 32.2. The van der Waals surface area contributed by atoms with Crippen LogP contribution in [0.2, 0.25) is 0 Å². The Labute approximate surface area is 246 Å². The molecule has 0 aliphatic heterocycles. The number of anilines is 1. The molecular weight excluding hydrogens is 538 g/mol. The van der Waals surface area contributed by atoms with Crippen LogP contribution in [0, 0.1) is 6.92 Å². The topological polar surface area (TPSA) is 108 Å². The number of hydrogen-bond acceptors (Lipinski definition) is 6. The largest absolute Gasteiger partial charge is 0.507 e. The molecule has 3 aromatic rings. The van der Waals surface area contributed by atoms with Gasteiger partial charge in [0.15, 0.2) is 0 Å². The highest BCUT2D eigenvalue weighted by Gasteiger charge is 2.39. The monoisotopic (exact) mass is 579 g/mol. The lowest BCUT2D eigenvalue weighted by molar-refractivity contribution is -0.143. The lowest BCUT2D eigenvalue weighted by Crippen LogP contribution is -2.54. The van der Waals surface area contributed by atoms with Crippen LogP contribution in [0.3, 0.4) is 0 Å². The van der Waals surface area contributed by atoms with Crippen LogP contribution in [-0.2, 0) is 14.3 Å². The second-order valence-electron chi connectivity index (χ2n) is 11.3. The van der Waals surface area contributed by atoms with Gasteiger partial charge in [0, 0.05) is 17.3 Å². The van der Waals surface area contributed by atoms with E-state index in [1.54, 1.807) is 77.6 Å². The van der Waals surface area contributed by atoms with Crippen molar-refractivity contribution in [2.45, 2.75) is 71.7 Å². The molecule has 9 heteroatoms. The zero-order valence-corrected chi connectivity index (χ0v) is 25.7. The molecule has 0 spiro atoms. The average Bonchev–Trinajstić information content (AvgIpc) is 2.89. The van der Waals surface area contributed by atoms with Gasteiger partial charge in [0.2, 0.25) is 5.91 Å². The van der Waals surface area contributed by atoms with Crippen LogP contribution < -0.4 is 10.6 Å². The molecule has 2 atom stereocenters. The zero-order valence-electron chi connectivity index (χ0n) is 24.9. The molecule has 41 heavy (non-hydrogen) atoms. The first kappa shape index (κ1) is 31.8. The fraction of sp³-hybridized carbons (Fsp3) is 0.406. The number of carbonyl (C=O) groups excluding carboxylic acids is 3. The van der Waals surface area contributed by atoms with Crippen LogP contribution in [0.5, 0.6) is 5.75 Å². The number of aromatic hydroxyl groups is 1. The van der Waals surface area contributed by atoms with E-state index in [9.17, 15) is 19.5 Å². The van der Waals surface area contributed by atoms with Crippen LogP contribution in [0.25, 0.3) is 10.8 Å². The summed E-state index contributed by atoms with van der Waals surface area (Å²) in [5, 5.41) is 18.8. The van der Waals surface area contributed by atoms with E-state index >= 15 is 0 Å². The Bertz CT molecular complexity index is 1390. The smallest absolute Gasteiger partial charge is 0.408 e. The first-order valence-corrected chi connectivity index (χ1v) is 15.1. The van der Waals surface area contributed by atoms with Gasteiger partial charge < -0.3 is 25.4 Å². The summed E-state index contributed by atoms with van der Waals surface area (Å²) < 4.78 is 5.43. The molecule has 3 amide bonds. The number of aryl methyl sites for hydroxylation is 1. The van der Waals surface area contributed by atoms with E-state index in [1.807, 2.05) is 42.7 Å². The molecule has 0 radical (unpaired) electrons. The normalized spacial score (nSPS) is 13.0. The van der Waals surface area contributed by atoms with Crippen molar-refractivity contribution in [2.24, 2.45) is 0 Å². The fourth-order valence-electron chi connectivity index (χ4n) is 4.60. The number of phenols is 1. The van der Waals surface area contributed by atoms with Gasteiger partial charge in [0.25, 0.3) is 5.91 Å². The van der Waals surface area contributed by atoms with Crippen molar-refractivity contribution in [3.8, 4) is 5.75 Å². The van der Waals surface area contributed by atoms with Gasteiger partial charge in [-0.3, -0.25) is 9.59 Å². The summed E-state index contributed by atoms with van der Waals surface area (Å²) in [6.45, 7) is 10.6. The Balaban J connectivity index is 2.05. The number of hydrogen-bond donors (Lipinski definition) is 3. The minimum Gasteiger partial charge on any atom is -0.507 e. The molecule has 0 aliphatic rings. The molecule has 2 unspecified atom stereocenters. The molecule has 0 aliphatic carbocycles. The Morgan fingerprint density at radius 2 is 1.68 bits per heavy atom. The molecule has 0 heterocycles. The standard InChI is InChI=1S/C32H41N3O5S/c1-20(2)35(30(38)26(17-18-41-7)34-31(39)40-32(4,5)6)27(25-14-10-11-21(3)28(25)36)29(37)33-24-16-15-22-12-8-9-13-23(22)19-24/h8-16,19-20,26-27,36H,17-18H2,1-7H3,(H,33,37)(H,34,39). The van der Waals surface area contributed by atoms with Crippen molar-refractivity contribution < 1.29 is 24.2 Å². The summed E-state index contributed by atoms with van der Waals surface area (Å²) in [6, 6.07) is 16.0. The first-order chi connectivity index (χ1) is 19.3. The van der Waals surface area contributed by atoms with Crippen molar-refractivity contribution in [1.82, 2.24) is 10.2 Å². The number of rotatable bonds is 10. The minimum absolute atomic E-state index is 0.0645. The van der Waals surface area contributed by atoms with E-state index in [1.165, 1.54) is 4.90 Å². The summed E-state index contributed by atoms with van der Waals surface area (Å²) in [5.41, 5.74) is 0.692. The quantitative estimate of drug-likeness (QED) is 0.256. The summed E-state index contributed by atoms with van der Waals surface area (Å²) >= 11 is 1.54. The van der Waals surface area contributed by atoms with Crippen molar-refractivity contribution in [1.29, 1.82) is 0 Å². The number of nitrogens with zero attached hydrogens (tertiary/aromatic N) is 1. The molecule has 0 bridgehead atoms. The number of benzene rings is 3. The van der Waals surface area contributed by atoms with E-state index in [-0.39, 0.29) is 5.75 Å². The summed E-state index contributed by atoms with van der Waals surface area (Å²) in [5.74, 6) is -0.393. The molecule has 0 saturated heterocycles. The molecule has 220 valence electrons. The van der Waals surface area contributed by atoms with E-state index in [4.69, 9.17) is 4.74 Å². The van der Waals surface area contributed by atoms with Crippen LogP contribution in [0.4, 0.5) is 10.5 Å². The van der Waals surface area contributed by atoms with Crippen LogP contribution >= 0.6 is 11.8 Å². The lowest BCUT2D eigenvalue weighted by atomic mass is 9.97. The SMILES string of the molecule is CSCCC(NC(=O)OC(C)(C)C)C(=O)N(C(C)C)C(C(=O)Nc1ccc2ccccc2c1)c1cccc(C)c1O. The van der Waals surface area contributed by atoms with Gasteiger partial charge in [-0.2, -0.15) is 11.8 Å². The van der Waals surface area contributed by atoms with Crippen molar-refractivity contribution in [3.05, 3.63) is 71.8 Å². The van der Waals surface area contributed by atoms with Gasteiger partial charge in [0.1, 0.15) is 23.4 Å². The second-order valence-corrected chi connectivity index (χ2v) is 12.3. The molecule has 0 aromatic heterocycles. The van der Waals surface area contributed by atoms with Gasteiger partial charge >= 0.3 is 6.09 Å². The third-order valence-electron chi connectivity index (χ3n) is 6.52. The van der Waals surface area contributed by atoms with Crippen LogP contribution in [-0.4, -0.2) is 57.6 Å². The van der Waals surface area contributed by atoms with Crippen LogP contribution in [0.1, 0.15) is 58.2 Å². The zero-order chi connectivity index (χ0) is 30.3. The molecular formula is C32H41N3O5S. The maximum Gasteiger partial charge on any atom is 0.408 e. The predicted molar refractivity (Wildman–Crippen MR) is 166 cm³/mol. The Morgan fingerprint density at radius 3 is 2.32 bits per heavy atom. The number of para-hydroxylation sites is 1. The first-order valence-electron chi connectivity index (χ1n) is 13.7. The number of phenolic OH excluding ortho intramolecular Hbond substituents is 1. The number of fused-ring (bicyclic) bond motifs is 1. The number of carbonyl (C=O) groups is 3. The molecule has 3 aromatic carbocycles. The van der Waals surface area contributed by atoms with Crippen molar-refractivity contribution in [3.63, 3.8) is 0 Å². The van der Waals surface area contributed by atoms with E-state index in [0.29, 0.717) is 29.0 Å². The molecule has 3 N–H and O–H groups in total. The van der Waals surface area contributed by atoms with E-state index in [0.717, 1.165) is 10.8 Å². The van der Waals surface area contributed by atoms with Gasteiger partial charge in [-0.25, -0.2) is 4.79 Å². The highest BCUT2D eigenvalue weighted by molar-refractivity contribution is 7.98.